The molecule has 0 N–H and O–H groups in total. The minimum atomic E-state index is 1.07. The molecule has 0 saturated heterocycles. The van der Waals surface area contributed by atoms with Crippen LogP contribution in [0.2, 0.25) is 0 Å². The Morgan fingerprint density at radius 3 is 2.24 bits per heavy atom. The van der Waals surface area contributed by atoms with Crippen molar-refractivity contribution >= 4 is 6.08 Å². The molecule has 0 saturated carbocycles. The Balaban J connectivity index is 2.60. The first-order valence-corrected chi connectivity index (χ1v) is 6.16. The van der Waals surface area contributed by atoms with Gasteiger partial charge in [0.1, 0.15) is 0 Å². The Labute approximate surface area is 104 Å². The highest BCUT2D eigenvalue weighted by molar-refractivity contribution is 5.77. The molecule has 0 bridgehead atoms. The van der Waals surface area contributed by atoms with Gasteiger partial charge >= 0.3 is 0 Å². The molecule has 2 rings (SSSR count). The van der Waals surface area contributed by atoms with Crippen molar-refractivity contribution in [3.05, 3.63) is 65.7 Å². The van der Waals surface area contributed by atoms with E-state index in [9.17, 15) is 0 Å². The van der Waals surface area contributed by atoms with E-state index in [0.29, 0.717) is 0 Å². The fourth-order valence-corrected chi connectivity index (χ4v) is 2.16. The van der Waals surface area contributed by atoms with Gasteiger partial charge in [-0.2, -0.15) is 0 Å². The Hall–Kier alpha value is -1.82. The molecule has 17 heavy (non-hydrogen) atoms. The normalized spacial score (nSPS) is 10.9. The molecule has 0 spiro atoms. The van der Waals surface area contributed by atoms with Crippen LogP contribution in [-0.2, 0) is 6.42 Å². The molecule has 0 fully saturated rings. The van der Waals surface area contributed by atoms with Crippen LogP contribution in [0.15, 0.2) is 54.6 Å². The Morgan fingerprint density at radius 1 is 0.882 bits per heavy atom. The van der Waals surface area contributed by atoms with E-state index in [1.165, 1.54) is 22.3 Å². The van der Waals surface area contributed by atoms with Gasteiger partial charge in [0.15, 0.2) is 0 Å². The number of rotatable bonds is 3. The smallest absolute Gasteiger partial charge is 0.0109 e. The summed E-state index contributed by atoms with van der Waals surface area (Å²) in [7, 11) is 0. The molecular weight excluding hydrogens is 204 g/mol. The van der Waals surface area contributed by atoms with Gasteiger partial charge in [-0.05, 0) is 35.6 Å². The highest BCUT2D eigenvalue weighted by atomic mass is 14.1. The molecule has 2 aromatic carbocycles. The molecule has 0 unspecified atom stereocenters. The standard InChI is InChI=1S/C17H18/c1-3-9-15-11-6-8-13-17(15)16-12-7-5-10-14(16)4-2/h3,5-13H,4H2,1-2H3. The zero-order chi connectivity index (χ0) is 12.1. The molecule has 0 atom stereocenters. The summed E-state index contributed by atoms with van der Waals surface area (Å²) in [5, 5.41) is 0. The number of hydrogen-bond acceptors (Lipinski definition) is 0. The van der Waals surface area contributed by atoms with Crippen molar-refractivity contribution in [2.45, 2.75) is 20.3 Å². The van der Waals surface area contributed by atoms with Crippen LogP contribution in [0.4, 0.5) is 0 Å². The van der Waals surface area contributed by atoms with E-state index in [1.807, 2.05) is 0 Å². The van der Waals surface area contributed by atoms with Gasteiger partial charge < -0.3 is 0 Å². The van der Waals surface area contributed by atoms with Gasteiger partial charge in [0.05, 0.1) is 0 Å². The summed E-state index contributed by atoms with van der Waals surface area (Å²) in [6.45, 7) is 4.26. The third-order valence-electron chi connectivity index (χ3n) is 3.00. The second kappa shape index (κ2) is 5.49. The second-order valence-electron chi connectivity index (χ2n) is 4.10. The van der Waals surface area contributed by atoms with Crippen LogP contribution in [0.3, 0.4) is 0 Å². The number of allylic oxidation sites excluding steroid dienone is 1. The van der Waals surface area contributed by atoms with E-state index in [4.69, 9.17) is 0 Å². The lowest BCUT2D eigenvalue weighted by Crippen LogP contribution is -1.89. The van der Waals surface area contributed by atoms with Crippen LogP contribution in [-0.4, -0.2) is 0 Å². The summed E-state index contributed by atoms with van der Waals surface area (Å²) < 4.78 is 0. The van der Waals surface area contributed by atoms with Crippen molar-refractivity contribution < 1.29 is 0 Å². The van der Waals surface area contributed by atoms with Crippen LogP contribution >= 0.6 is 0 Å². The topological polar surface area (TPSA) is 0 Å². The van der Waals surface area contributed by atoms with E-state index in [2.05, 4.69) is 74.5 Å². The highest BCUT2D eigenvalue weighted by Crippen LogP contribution is 2.28. The fraction of sp³-hybridized carbons (Fsp3) is 0.176. The maximum atomic E-state index is 2.21. The average Bonchev–Trinajstić information content (AvgIpc) is 2.40. The lowest BCUT2D eigenvalue weighted by Gasteiger charge is -2.10. The molecule has 0 aliphatic heterocycles. The van der Waals surface area contributed by atoms with E-state index >= 15 is 0 Å². The molecule has 0 aliphatic rings. The van der Waals surface area contributed by atoms with Gasteiger partial charge in [-0.3, -0.25) is 0 Å². The minimum absolute atomic E-state index is 1.07. The summed E-state index contributed by atoms with van der Waals surface area (Å²) in [5.74, 6) is 0. The maximum Gasteiger partial charge on any atom is -0.0109 e. The summed E-state index contributed by atoms with van der Waals surface area (Å²) in [6, 6.07) is 17.2. The molecule has 0 aliphatic carbocycles. The molecule has 86 valence electrons. The van der Waals surface area contributed by atoms with Crippen molar-refractivity contribution in [1.29, 1.82) is 0 Å². The monoisotopic (exact) mass is 222 g/mol. The van der Waals surface area contributed by atoms with Crippen molar-refractivity contribution in [3.63, 3.8) is 0 Å². The number of aryl methyl sites for hydroxylation is 1. The van der Waals surface area contributed by atoms with Crippen LogP contribution in [0, 0.1) is 0 Å². The van der Waals surface area contributed by atoms with Crippen LogP contribution < -0.4 is 0 Å². The fourth-order valence-electron chi connectivity index (χ4n) is 2.16. The molecule has 0 aromatic heterocycles. The first-order chi connectivity index (χ1) is 8.36. The molecule has 0 heteroatoms. The van der Waals surface area contributed by atoms with Gasteiger partial charge in [0, 0.05) is 0 Å². The van der Waals surface area contributed by atoms with Crippen LogP contribution in [0.5, 0.6) is 0 Å². The van der Waals surface area contributed by atoms with Gasteiger partial charge in [0.2, 0.25) is 0 Å². The van der Waals surface area contributed by atoms with Crippen molar-refractivity contribution in [3.8, 4) is 11.1 Å². The summed E-state index contributed by atoms with van der Waals surface area (Å²) >= 11 is 0. The number of hydrogen-bond donors (Lipinski definition) is 0. The third kappa shape index (κ3) is 2.47. The third-order valence-corrected chi connectivity index (χ3v) is 3.00. The van der Waals surface area contributed by atoms with Gasteiger partial charge in [-0.1, -0.05) is 67.6 Å². The maximum absolute atomic E-state index is 2.21. The largest absolute Gasteiger partial charge is 0.0870 e. The van der Waals surface area contributed by atoms with Gasteiger partial charge in [-0.15, -0.1) is 0 Å². The first-order valence-electron chi connectivity index (χ1n) is 6.16. The summed E-state index contributed by atoms with van der Waals surface area (Å²) in [6.07, 6.45) is 5.33. The lowest BCUT2D eigenvalue weighted by atomic mass is 9.94. The second-order valence-corrected chi connectivity index (χ2v) is 4.10. The van der Waals surface area contributed by atoms with E-state index in [-0.39, 0.29) is 0 Å². The minimum Gasteiger partial charge on any atom is -0.0870 e. The lowest BCUT2D eigenvalue weighted by molar-refractivity contribution is 1.14. The predicted octanol–water partition coefficient (Wildman–Crippen LogP) is 4.95. The molecule has 0 radical (unpaired) electrons. The molecule has 0 heterocycles. The predicted molar refractivity (Wildman–Crippen MR) is 76.0 cm³/mol. The van der Waals surface area contributed by atoms with Gasteiger partial charge in [-0.25, -0.2) is 0 Å². The van der Waals surface area contributed by atoms with Crippen molar-refractivity contribution in [2.24, 2.45) is 0 Å². The summed E-state index contributed by atoms with van der Waals surface area (Å²) in [5.41, 5.74) is 5.37. The highest BCUT2D eigenvalue weighted by Gasteiger charge is 2.05. The Kier molecular flexibility index (Phi) is 3.77. The first kappa shape index (κ1) is 11.7. The summed E-state index contributed by atoms with van der Waals surface area (Å²) in [4.78, 5) is 0. The van der Waals surface area contributed by atoms with E-state index in [0.717, 1.165) is 6.42 Å². The van der Waals surface area contributed by atoms with E-state index in [1.54, 1.807) is 0 Å². The molecule has 0 amide bonds. The zero-order valence-electron chi connectivity index (χ0n) is 10.5. The Morgan fingerprint density at radius 2 is 1.53 bits per heavy atom. The van der Waals surface area contributed by atoms with Crippen molar-refractivity contribution in [2.75, 3.05) is 0 Å². The van der Waals surface area contributed by atoms with Crippen LogP contribution in [0.1, 0.15) is 25.0 Å². The number of benzene rings is 2. The van der Waals surface area contributed by atoms with Gasteiger partial charge in [0.25, 0.3) is 0 Å². The quantitative estimate of drug-likeness (QED) is 0.689. The zero-order valence-corrected chi connectivity index (χ0v) is 10.5. The van der Waals surface area contributed by atoms with Crippen molar-refractivity contribution in [1.82, 2.24) is 0 Å². The average molecular weight is 222 g/mol. The molecular formula is C17H18. The van der Waals surface area contributed by atoms with E-state index < -0.39 is 0 Å². The molecule has 0 nitrogen and oxygen atoms in total. The van der Waals surface area contributed by atoms with Crippen LogP contribution in [0.25, 0.3) is 17.2 Å². The SMILES string of the molecule is CC=Cc1ccccc1-c1ccccc1CC. The molecule has 2 aromatic rings. The Bertz CT molecular complexity index is 521.